The average molecular weight is 238 g/mol. The van der Waals surface area contributed by atoms with E-state index in [0.29, 0.717) is 13.1 Å². The topological polar surface area (TPSA) is 32.3 Å². The van der Waals surface area contributed by atoms with Crippen molar-refractivity contribution in [3.8, 4) is 0 Å². The minimum absolute atomic E-state index is 0.0442. The van der Waals surface area contributed by atoms with Crippen molar-refractivity contribution in [2.24, 2.45) is 0 Å². The summed E-state index contributed by atoms with van der Waals surface area (Å²) in [6, 6.07) is 6.20. The van der Waals surface area contributed by atoms with Crippen LogP contribution in [0.25, 0.3) is 0 Å². The van der Waals surface area contributed by atoms with Gasteiger partial charge in [0.25, 0.3) is 0 Å². The van der Waals surface area contributed by atoms with Gasteiger partial charge >= 0.3 is 0 Å². The van der Waals surface area contributed by atoms with Gasteiger partial charge < -0.3 is 10.2 Å². The zero-order chi connectivity index (χ0) is 12.7. The number of rotatable bonds is 6. The van der Waals surface area contributed by atoms with Gasteiger partial charge in [-0.15, -0.1) is 0 Å². The number of likely N-dealkylation sites (N-methyl/N-ethyl adjacent to an activating group) is 1. The van der Waals surface area contributed by atoms with E-state index >= 15 is 0 Å². The van der Waals surface area contributed by atoms with Crippen molar-refractivity contribution in [2.75, 3.05) is 20.1 Å². The van der Waals surface area contributed by atoms with Gasteiger partial charge in [-0.1, -0.05) is 19.1 Å². The van der Waals surface area contributed by atoms with Gasteiger partial charge in [0, 0.05) is 13.6 Å². The van der Waals surface area contributed by atoms with Crippen molar-refractivity contribution in [3.63, 3.8) is 0 Å². The quantitative estimate of drug-likeness (QED) is 0.766. The fraction of sp³-hybridized carbons (Fsp3) is 0.462. The Kier molecular flexibility index (Phi) is 5.63. The van der Waals surface area contributed by atoms with Crippen molar-refractivity contribution in [1.82, 2.24) is 10.2 Å². The van der Waals surface area contributed by atoms with Crippen molar-refractivity contribution in [2.45, 2.75) is 19.9 Å². The van der Waals surface area contributed by atoms with E-state index in [1.165, 1.54) is 12.1 Å². The van der Waals surface area contributed by atoms with Crippen molar-refractivity contribution in [1.29, 1.82) is 0 Å². The molecule has 0 atom stereocenters. The third kappa shape index (κ3) is 4.95. The molecule has 0 spiro atoms. The van der Waals surface area contributed by atoms with Crippen LogP contribution in [0.5, 0.6) is 0 Å². The van der Waals surface area contributed by atoms with Crippen LogP contribution in [0.3, 0.4) is 0 Å². The molecule has 94 valence electrons. The Hall–Kier alpha value is -1.42. The molecule has 1 N–H and O–H groups in total. The summed E-state index contributed by atoms with van der Waals surface area (Å²) in [5.74, 6) is -0.213. The molecule has 0 bridgehead atoms. The highest BCUT2D eigenvalue weighted by Crippen LogP contribution is 2.05. The summed E-state index contributed by atoms with van der Waals surface area (Å²) < 4.78 is 12.7. The highest BCUT2D eigenvalue weighted by Gasteiger charge is 2.08. The van der Waals surface area contributed by atoms with Crippen LogP contribution in [-0.2, 0) is 11.3 Å². The molecule has 1 aromatic rings. The van der Waals surface area contributed by atoms with Crippen LogP contribution in [-0.4, -0.2) is 30.9 Å². The van der Waals surface area contributed by atoms with Crippen LogP contribution >= 0.6 is 0 Å². The number of nitrogens with one attached hydrogen (secondary N) is 1. The molecule has 17 heavy (non-hydrogen) atoms. The number of benzene rings is 1. The fourth-order valence-corrected chi connectivity index (χ4v) is 1.46. The summed E-state index contributed by atoms with van der Waals surface area (Å²) in [4.78, 5) is 13.3. The average Bonchev–Trinajstić information content (AvgIpc) is 2.32. The van der Waals surface area contributed by atoms with E-state index in [1.54, 1.807) is 24.1 Å². The maximum absolute atomic E-state index is 12.7. The molecule has 1 aromatic carbocycles. The van der Waals surface area contributed by atoms with Gasteiger partial charge in [0.15, 0.2) is 0 Å². The van der Waals surface area contributed by atoms with Gasteiger partial charge in [-0.05, 0) is 30.7 Å². The largest absolute Gasteiger partial charge is 0.340 e. The van der Waals surface area contributed by atoms with Crippen LogP contribution in [0.4, 0.5) is 4.39 Å². The standard InChI is InChI=1S/C13H19FN2O/c1-3-8-15-9-13(17)16(2)10-11-4-6-12(14)7-5-11/h4-7,15H,3,8-10H2,1-2H3. The Morgan fingerprint density at radius 3 is 2.59 bits per heavy atom. The van der Waals surface area contributed by atoms with Crippen LogP contribution in [0, 0.1) is 5.82 Å². The van der Waals surface area contributed by atoms with Gasteiger partial charge in [0.05, 0.1) is 6.54 Å². The summed E-state index contributed by atoms with van der Waals surface area (Å²) in [6.45, 7) is 3.76. The molecule has 0 saturated carbocycles. The zero-order valence-corrected chi connectivity index (χ0v) is 10.4. The second-order valence-electron chi connectivity index (χ2n) is 4.05. The number of amides is 1. The first-order chi connectivity index (χ1) is 8.13. The van der Waals surface area contributed by atoms with Gasteiger partial charge in [-0.2, -0.15) is 0 Å². The number of carbonyl (C=O) groups excluding carboxylic acids is 1. The predicted octanol–water partition coefficient (Wildman–Crippen LogP) is 1.78. The molecular weight excluding hydrogens is 219 g/mol. The van der Waals surface area contributed by atoms with E-state index < -0.39 is 0 Å². The molecule has 0 aromatic heterocycles. The van der Waals surface area contributed by atoms with E-state index in [0.717, 1.165) is 18.5 Å². The van der Waals surface area contributed by atoms with Crippen LogP contribution in [0.2, 0.25) is 0 Å². The summed E-state index contributed by atoms with van der Waals surface area (Å²) >= 11 is 0. The molecule has 0 aliphatic rings. The number of hydrogen-bond donors (Lipinski definition) is 1. The molecule has 0 heterocycles. The molecule has 0 radical (unpaired) electrons. The molecule has 0 fully saturated rings. The summed E-state index contributed by atoms with van der Waals surface area (Å²) in [5, 5.41) is 3.06. The molecule has 1 rings (SSSR count). The first kappa shape index (κ1) is 13.6. The maximum Gasteiger partial charge on any atom is 0.236 e. The second kappa shape index (κ2) is 7.01. The van der Waals surface area contributed by atoms with Gasteiger partial charge in [0.1, 0.15) is 5.82 Å². The third-order valence-corrected chi connectivity index (χ3v) is 2.46. The smallest absolute Gasteiger partial charge is 0.236 e. The highest BCUT2D eigenvalue weighted by atomic mass is 19.1. The van der Waals surface area contributed by atoms with Crippen LogP contribution < -0.4 is 5.32 Å². The normalized spacial score (nSPS) is 10.3. The molecule has 1 amide bonds. The molecule has 4 heteroatoms. The van der Waals surface area contributed by atoms with Gasteiger partial charge in [-0.25, -0.2) is 4.39 Å². The Morgan fingerprint density at radius 1 is 1.35 bits per heavy atom. The van der Waals surface area contributed by atoms with Crippen molar-refractivity contribution in [3.05, 3.63) is 35.6 Å². The number of hydrogen-bond acceptors (Lipinski definition) is 2. The first-order valence-corrected chi connectivity index (χ1v) is 5.82. The second-order valence-corrected chi connectivity index (χ2v) is 4.05. The highest BCUT2D eigenvalue weighted by molar-refractivity contribution is 5.77. The molecule has 0 aliphatic heterocycles. The molecule has 0 unspecified atom stereocenters. The Bertz CT molecular complexity index is 351. The van der Waals surface area contributed by atoms with E-state index in [1.807, 2.05) is 0 Å². The summed E-state index contributed by atoms with van der Waals surface area (Å²) in [6.07, 6.45) is 1.01. The summed E-state index contributed by atoms with van der Waals surface area (Å²) in [5.41, 5.74) is 0.928. The predicted molar refractivity (Wildman–Crippen MR) is 66.0 cm³/mol. The zero-order valence-electron chi connectivity index (χ0n) is 10.4. The molecule has 0 saturated heterocycles. The minimum Gasteiger partial charge on any atom is -0.340 e. The Labute approximate surface area is 102 Å². The number of halogens is 1. The van der Waals surface area contributed by atoms with E-state index in [9.17, 15) is 9.18 Å². The van der Waals surface area contributed by atoms with E-state index in [4.69, 9.17) is 0 Å². The lowest BCUT2D eigenvalue weighted by Crippen LogP contribution is -2.35. The van der Waals surface area contributed by atoms with Gasteiger partial charge in [0.2, 0.25) is 5.91 Å². The minimum atomic E-state index is -0.257. The van der Waals surface area contributed by atoms with Crippen LogP contribution in [0.15, 0.2) is 24.3 Å². The van der Waals surface area contributed by atoms with Gasteiger partial charge in [-0.3, -0.25) is 4.79 Å². The third-order valence-electron chi connectivity index (χ3n) is 2.46. The lowest BCUT2D eigenvalue weighted by atomic mass is 10.2. The fourth-order valence-electron chi connectivity index (χ4n) is 1.46. The van der Waals surface area contributed by atoms with Crippen molar-refractivity contribution >= 4 is 5.91 Å². The van der Waals surface area contributed by atoms with Crippen molar-refractivity contribution < 1.29 is 9.18 Å². The molecular formula is C13H19FN2O. The number of carbonyl (C=O) groups is 1. The Morgan fingerprint density at radius 2 is 2.00 bits per heavy atom. The summed E-state index contributed by atoms with van der Waals surface area (Å²) in [7, 11) is 1.75. The maximum atomic E-state index is 12.7. The SMILES string of the molecule is CCCNCC(=O)N(C)Cc1ccc(F)cc1. The first-order valence-electron chi connectivity index (χ1n) is 5.82. The molecule has 0 aliphatic carbocycles. The lowest BCUT2D eigenvalue weighted by Gasteiger charge is -2.17. The monoisotopic (exact) mass is 238 g/mol. The van der Waals surface area contributed by atoms with E-state index in [-0.39, 0.29) is 11.7 Å². The number of nitrogens with zero attached hydrogens (tertiary/aromatic N) is 1. The molecule has 3 nitrogen and oxygen atoms in total. The van der Waals surface area contributed by atoms with Crippen LogP contribution in [0.1, 0.15) is 18.9 Å². The lowest BCUT2D eigenvalue weighted by molar-refractivity contribution is -0.129. The Balaban J connectivity index is 2.40. The van der Waals surface area contributed by atoms with E-state index in [2.05, 4.69) is 12.2 Å².